The average Bonchev–Trinajstić information content (AvgIpc) is 2.27. The first-order valence-corrected chi connectivity index (χ1v) is 4.91. The van der Waals surface area contributed by atoms with Crippen LogP contribution in [0.2, 0.25) is 0 Å². The largest absolute Gasteiger partial charge is 0.494 e. The SMILES string of the molecule is CNCC(=O)NCc1ccc(OC)c(F)c1.Cl. The van der Waals surface area contributed by atoms with E-state index in [-0.39, 0.29) is 30.6 Å². The lowest BCUT2D eigenvalue weighted by Crippen LogP contribution is -2.31. The van der Waals surface area contributed by atoms with Gasteiger partial charge in [0.25, 0.3) is 0 Å². The highest BCUT2D eigenvalue weighted by molar-refractivity contribution is 5.85. The fourth-order valence-electron chi connectivity index (χ4n) is 1.24. The zero-order chi connectivity index (χ0) is 12.0. The van der Waals surface area contributed by atoms with Crippen molar-refractivity contribution in [3.05, 3.63) is 29.6 Å². The topological polar surface area (TPSA) is 50.4 Å². The molecule has 0 aromatic heterocycles. The Balaban J connectivity index is 0.00000256. The monoisotopic (exact) mass is 262 g/mol. The van der Waals surface area contributed by atoms with Crippen LogP contribution in [0.15, 0.2) is 18.2 Å². The third-order valence-electron chi connectivity index (χ3n) is 2.04. The van der Waals surface area contributed by atoms with E-state index in [1.807, 2.05) is 0 Å². The van der Waals surface area contributed by atoms with E-state index in [1.54, 1.807) is 13.1 Å². The van der Waals surface area contributed by atoms with Gasteiger partial charge in [-0.2, -0.15) is 0 Å². The van der Waals surface area contributed by atoms with Crippen molar-refractivity contribution in [3.8, 4) is 5.75 Å². The summed E-state index contributed by atoms with van der Waals surface area (Å²) in [5.41, 5.74) is 0.697. The van der Waals surface area contributed by atoms with E-state index >= 15 is 0 Å². The standard InChI is InChI=1S/C11H15FN2O2.ClH/c1-13-7-11(15)14-6-8-3-4-10(16-2)9(12)5-8;/h3-5,13H,6-7H2,1-2H3,(H,14,15);1H. The minimum Gasteiger partial charge on any atom is -0.494 e. The molecule has 1 rings (SSSR count). The Labute approximate surface area is 106 Å². The summed E-state index contributed by atoms with van der Waals surface area (Å²) in [6.07, 6.45) is 0. The van der Waals surface area contributed by atoms with Gasteiger partial charge in [-0.25, -0.2) is 4.39 Å². The zero-order valence-corrected chi connectivity index (χ0v) is 10.6. The molecule has 0 aliphatic rings. The number of halogens is 2. The molecule has 0 fully saturated rings. The number of carbonyl (C=O) groups excluding carboxylic acids is 1. The smallest absolute Gasteiger partial charge is 0.234 e. The molecule has 0 bridgehead atoms. The molecule has 0 unspecified atom stereocenters. The molecule has 0 saturated carbocycles. The number of rotatable bonds is 5. The lowest BCUT2D eigenvalue weighted by atomic mass is 10.2. The summed E-state index contributed by atoms with van der Waals surface area (Å²) in [5.74, 6) is -0.355. The number of amides is 1. The van der Waals surface area contributed by atoms with Crippen molar-refractivity contribution in [2.45, 2.75) is 6.54 Å². The maximum atomic E-state index is 13.3. The quantitative estimate of drug-likeness (QED) is 0.835. The number of benzene rings is 1. The highest BCUT2D eigenvalue weighted by Crippen LogP contribution is 2.17. The fourth-order valence-corrected chi connectivity index (χ4v) is 1.24. The van der Waals surface area contributed by atoms with Crippen molar-refractivity contribution >= 4 is 18.3 Å². The van der Waals surface area contributed by atoms with Crippen molar-refractivity contribution in [2.24, 2.45) is 0 Å². The first kappa shape index (κ1) is 15.7. The Morgan fingerprint density at radius 2 is 2.18 bits per heavy atom. The molecule has 1 amide bonds. The Morgan fingerprint density at radius 3 is 2.71 bits per heavy atom. The molecule has 0 aliphatic carbocycles. The summed E-state index contributed by atoms with van der Waals surface area (Å²) >= 11 is 0. The number of carbonyl (C=O) groups is 1. The maximum absolute atomic E-state index is 13.3. The van der Waals surface area contributed by atoms with Gasteiger partial charge in [-0.05, 0) is 24.7 Å². The van der Waals surface area contributed by atoms with Crippen molar-refractivity contribution in [1.29, 1.82) is 0 Å². The Hall–Kier alpha value is -1.33. The lowest BCUT2D eigenvalue weighted by molar-refractivity contribution is -0.120. The maximum Gasteiger partial charge on any atom is 0.234 e. The Kier molecular flexibility index (Phi) is 7.25. The molecule has 17 heavy (non-hydrogen) atoms. The fraction of sp³-hybridized carbons (Fsp3) is 0.364. The number of hydrogen-bond donors (Lipinski definition) is 2. The number of hydrogen-bond acceptors (Lipinski definition) is 3. The van der Waals surface area contributed by atoms with Crippen LogP contribution in [0.3, 0.4) is 0 Å². The first-order valence-electron chi connectivity index (χ1n) is 4.91. The van der Waals surface area contributed by atoms with Gasteiger partial charge in [0.1, 0.15) is 0 Å². The van der Waals surface area contributed by atoms with E-state index in [2.05, 4.69) is 10.6 Å². The summed E-state index contributed by atoms with van der Waals surface area (Å²) in [6.45, 7) is 0.556. The summed E-state index contributed by atoms with van der Waals surface area (Å²) in [4.78, 5) is 11.1. The van der Waals surface area contributed by atoms with Gasteiger partial charge >= 0.3 is 0 Å². The second kappa shape index (κ2) is 7.86. The summed E-state index contributed by atoms with van der Waals surface area (Å²) < 4.78 is 18.1. The molecule has 6 heteroatoms. The predicted molar refractivity (Wildman–Crippen MR) is 66.0 cm³/mol. The number of likely N-dealkylation sites (N-methyl/N-ethyl adjacent to an activating group) is 1. The molecule has 1 aromatic rings. The van der Waals surface area contributed by atoms with Crippen molar-refractivity contribution < 1.29 is 13.9 Å². The molecule has 0 atom stereocenters. The molecule has 4 nitrogen and oxygen atoms in total. The molecule has 0 heterocycles. The van der Waals surface area contributed by atoms with Crippen LogP contribution >= 0.6 is 12.4 Å². The van der Waals surface area contributed by atoms with Gasteiger partial charge in [0.2, 0.25) is 5.91 Å². The summed E-state index contributed by atoms with van der Waals surface area (Å²) in [7, 11) is 3.10. The normalized spacial score (nSPS) is 9.35. The molecule has 0 aliphatic heterocycles. The Morgan fingerprint density at radius 1 is 1.47 bits per heavy atom. The van der Waals surface area contributed by atoms with Crippen LogP contribution in [0.25, 0.3) is 0 Å². The van der Waals surface area contributed by atoms with Gasteiger partial charge in [0.05, 0.1) is 13.7 Å². The number of nitrogens with one attached hydrogen (secondary N) is 2. The number of methoxy groups -OCH3 is 1. The second-order valence-corrected chi connectivity index (χ2v) is 3.28. The zero-order valence-electron chi connectivity index (χ0n) is 9.75. The third-order valence-corrected chi connectivity index (χ3v) is 2.04. The van der Waals surface area contributed by atoms with Crippen molar-refractivity contribution in [2.75, 3.05) is 20.7 Å². The van der Waals surface area contributed by atoms with Crippen molar-refractivity contribution in [3.63, 3.8) is 0 Å². The molecular formula is C11H16ClFN2O2. The molecular weight excluding hydrogens is 247 g/mol. The summed E-state index contributed by atoms with van der Waals surface area (Å²) in [6, 6.07) is 4.59. The molecule has 96 valence electrons. The highest BCUT2D eigenvalue weighted by Gasteiger charge is 2.04. The van der Waals surface area contributed by atoms with Gasteiger partial charge in [0.15, 0.2) is 11.6 Å². The molecule has 1 aromatic carbocycles. The molecule has 2 N–H and O–H groups in total. The van der Waals surface area contributed by atoms with Gasteiger partial charge < -0.3 is 15.4 Å². The molecule has 0 spiro atoms. The second-order valence-electron chi connectivity index (χ2n) is 3.28. The molecule has 0 saturated heterocycles. The van der Waals surface area contributed by atoms with Crippen LogP contribution in [-0.4, -0.2) is 26.6 Å². The highest BCUT2D eigenvalue weighted by atomic mass is 35.5. The number of ether oxygens (including phenoxy) is 1. The van der Waals surface area contributed by atoms with Crippen LogP contribution in [0.4, 0.5) is 4.39 Å². The van der Waals surface area contributed by atoms with Crippen LogP contribution in [0, 0.1) is 5.82 Å². The van der Waals surface area contributed by atoms with Crippen LogP contribution in [0.1, 0.15) is 5.56 Å². The van der Waals surface area contributed by atoms with Crippen molar-refractivity contribution in [1.82, 2.24) is 10.6 Å². The molecule has 0 radical (unpaired) electrons. The van der Waals surface area contributed by atoms with E-state index in [4.69, 9.17) is 4.74 Å². The van der Waals surface area contributed by atoms with Gasteiger partial charge in [-0.1, -0.05) is 6.07 Å². The van der Waals surface area contributed by atoms with E-state index < -0.39 is 5.82 Å². The van der Waals surface area contributed by atoms with Gasteiger partial charge in [-0.15, -0.1) is 12.4 Å². The Bertz CT molecular complexity index is 374. The summed E-state index contributed by atoms with van der Waals surface area (Å²) in [5, 5.41) is 5.38. The van der Waals surface area contributed by atoms with Crippen LogP contribution < -0.4 is 15.4 Å². The van der Waals surface area contributed by atoms with E-state index in [9.17, 15) is 9.18 Å². The van der Waals surface area contributed by atoms with E-state index in [0.29, 0.717) is 12.1 Å². The lowest BCUT2D eigenvalue weighted by Gasteiger charge is -2.06. The van der Waals surface area contributed by atoms with E-state index in [0.717, 1.165) is 0 Å². The van der Waals surface area contributed by atoms with Crippen LogP contribution in [0.5, 0.6) is 5.75 Å². The minimum atomic E-state index is -0.428. The predicted octanol–water partition coefficient (Wildman–Crippen LogP) is 1.09. The van der Waals surface area contributed by atoms with Gasteiger partial charge in [0, 0.05) is 6.54 Å². The van der Waals surface area contributed by atoms with Crippen LogP contribution in [-0.2, 0) is 11.3 Å². The van der Waals surface area contributed by atoms with E-state index in [1.165, 1.54) is 19.2 Å². The average molecular weight is 263 g/mol. The first-order chi connectivity index (χ1) is 7.67. The van der Waals surface area contributed by atoms with Gasteiger partial charge in [-0.3, -0.25) is 4.79 Å². The minimum absolute atomic E-state index is 0. The third kappa shape index (κ3) is 5.01.